The van der Waals surface area contributed by atoms with Gasteiger partial charge in [0.2, 0.25) is 11.7 Å². The molecule has 26 heavy (non-hydrogen) atoms. The van der Waals surface area contributed by atoms with Crippen LogP contribution < -0.4 is 14.8 Å². The van der Waals surface area contributed by atoms with E-state index >= 15 is 0 Å². The summed E-state index contributed by atoms with van der Waals surface area (Å²) >= 11 is 3.40. The molecule has 0 bridgehead atoms. The van der Waals surface area contributed by atoms with E-state index in [0.29, 0.717) is 23.2 Å². The number of amides is 1. The third-order valence-corrected chi connectivity index (χ3v) is 3.91. The van der Waals surface area contributed by atoms with Crippen LogP contribution in [0.15, 0.2) is 57.5 Å². The van der Waals surface area contributed by atoms with Gasteiger partial charge in [-0.05, 0) is 24.3 Å². The highest BCUT2D eigenvalue weighted by atomic mass is 79.9. The lowest BCUT2D eigenvalue weighted by Crippen LogP contribution is -2.28. The molecule has 0 aliphatic rings. The second-order valence-corrected chi connectivity index (χ2v) is 6.15. The number of carbonyl (C=O) groups is 1. The first-order chi connectivity index (χ1) is 12.7. The molecule has 2 aromatic carbocycles. The lowest BCUT2D eigenvalue weighted by Gasteiger charge is -2.09. The number of methoxy groups -OCH3 is 1. The van der Waals surface area contributed by atoms with Gasteiger partial charge in [0, 0.05) is 10.0 Å². The SMILES string of the molecule is COc1ccccc1OCC(=O)NCc1nc(-c2cccc(Br)c2)no1. The molecule has 0 spiro atoms. The van der Waals surface area contributed by atoms with Crippen LogP contribution in [0.3, 0.4) is 0 Å². The summed E-state index contributed by atoms with van der Waals surface area (Å²) in [4.78, 5) is 16.2. The van der Waals surface area contributed by atoms with E-state index in [-0.39, 0.29) is 19.1 Å². The molecule has 0 fully saturated rings. The summed E-state index contributed by atoms with van der Waals surface area (Å²) in [7, 11) is 1.54. The number of hydrogen-bond donors (Lipinski definition) is 1. The van der Waals surface area contributed by atoms with E-state index in [9.17, 15) is 4.79 Å². The molecule has 3 rings (SSSR count). The van der Waals surface area contributed by atoms with Crippen LogP contribution in [0.4, 0.5) is 0 Å². The average Bonchev–Trinajstić information content (AvgIpc) is 3.14. The Bertz CT molecular complexity index is 897. The second kappa shape index (κ2) is 8.48. The highest BCUT2D eigenvalue weighted by Crippen LogP contribution is 2.25. The number of ether oxygens (including phenoxy) is 2. The van der Waals surface area contributed by atoms with Gasteiger partial charge in [0.15, 0.2) is 18.1 Å². The van der Waals surface area contributed by atoms with Crippen molar-refractivity contribution in [3.63, 3.8) is 0 Å². The zero-order valence-corrected chi connectivity index (χ0v) is 15.5. The first kappa shape index (κ1) is 17.9. The summed E-state index contributed by atoms with van der Waals surface area (Å²) in [6, 6.07) is 14.7. The molecular weight excluding hydrogens is 402 g/mol. The fourth-order valence-corrected chi connectivity index (χ4v) is 2.58. The highest BCUT2D eigenvalue weighted by Gasteiger charge is 2.11. The van der Waals surface area contributed by atoms with Gasteiger partial charge in [-0.1, -0.05) is 45.4 Å². The number of rotatable bonds is 7. The Kier molecular flexibility index (Phi) is 5.85. The molecule has 0 aliphatic heterocycles. The van der Waals surface area contributed by atoms with Gasteiger partial charge in [0.25, 0.3) is 5.91 Å². The fourth-order valence-electron chi connectivity index (χ4n) is 2.18. The van der Waals surface area contributed by atoms with Crippen molar-refractivity contribution in [2.75, 3.05) is 13.7 Å². The molecule has 7 nitrogen and oxygen atoms in total. The second-order valence-electron chi connectivity index (χ2n) is 5.24. The number of nitrogens with one attached hydrogen (secondary N) is 1. The van der Waals surface area contributed by atoms with E-state index in [1.165, 1.54) is 0 Å². The van der Waals surface area contributed by atoms with Crippen LogP contribution in [0.5, 0.6) is 11.5 Å². The zero-order chi connectivity index (χ0) is 18.4. The minimum Gasteiger partial charge on any atom is -0.493 e. The molecule has 1 N–H and O–H groups in total. The van der Waals surface area contributed by atoms with Crippen molar-refractivity contribution in [2.45, 2.75) is 6.54 Å². The minimum atomic E-state index is -0.307. The first-order valence-electron chi connectivity index (χ1n) is 7.77. The number of para-hydroxylation sites is 2. The Hall–Kier alpha value is -2.87. The van der Waals surface area contributed by atoms with Crippen LogP contribution in [-0.4, -0.2) is 29.8 Å². The smallest absolute Gasteiger partial charge is 0.258 e. The van der Waals surface area contributed by atoms with Crippen molar-refractivity contribution in [2.24, 2.45) is 0 Å². The Balaban J connectivity index is 1.52. The molecule has 8 heteroatoms. The Morgan fingerprint density at radius 1 is 1.19 bits per heavy atom. The van der Waals surface area contributed by atoms with Crippen LogP contribution >= 0.6 is 15.9 Å². The lowest BCUT2D eigenvalue weighted by molar-refractivity contribution is -0.123. The van der Waals surface area contributed by atoms with Gasteiger partial charge in [-0.2, -0.15) is 4.98 Å². The monoisotopic (exact) mass is 417 g/mol. The normalized spacial score (nSPS) is 10.4. The maximum Gasteiger partial charge on any atom is 0.258 e. The number of nitrogens with zero attached hydrogens (tertiary/aromatic N) is 2. The molecule has 134 valence electrons. The van der Waals surface area contributed by atoms with Crippen LogP contribution in [0.2, 0.25) is 0 Å². The van der Waals surface area contributed by atoms with Crippen LogP contribution in [-0.2, 0) is 11.3 Å². The van der Waals surface area contributed by atoms with E-state index < -0.39 is 0 Å². The van der Waals surface area contributed by atoms with Crippen LogP contribution in [0, 0.1) is 0 Å². The van der Waals surface area contributed by atoms with Crippen molar-refractivity contribution < 1.29 is 18.8 Å². The quantitative estimate of drug-likeness (QED) is 0.634. The zero-order valence-electron chi connectivity index (χ0n) is 13.9. The molecule has 0 unspecified atom stereocenters. The van der Waals surface area contributed by atoms with Crippen molar-refractivity contribution in [1.82, 2.24) is 15.5 Å². The van der Waals surface area contributed by atoms with E-state index in [4.69, 9.17) is 14.0 Å². The minimum absolute atomic E-state index is 0.120. The molecule has 0 atom stereocenters. The number of aromatic nitrogens is 2. The van der Waals surface area contributed by atoms with E-state index in [1.54, 1.807) is 25.3 Å². The fraction of sp³-hybridized carbons (Fsp3) is 0.167. The largest absolute Gasteiger partial charge is 0.493 e. The molecule has 0 aliphatic carbocycles. The highest BCUT2D eigenvalue weighted by molar-refractivity contribution is 9.10. The average molecular weight is 418 g/mol. The van der Waals surface area contributed by atoms with Gasteiger partial charge in [-0.3, -0.25) is 4.79 Å². The summed E-state index contributed by atoms with van der Waals surface area (Å²) in [6.07, 6.45) is 0. The third kappa shape index (κ3) is 4.60. The Morgan fingerprint density at radius 3 is 2.77 bits per heavy atom. The summed E-state index contributed by atoms with van der Waals surface area (Å²) in [5, 5.41) is 6.59. The Labute approximate surface area is 158 Å². The molecule has 1 amide bonds. The van der Waals surface area contributed by atoms with E-state index in [2.05, 4.69) is 31.4 Å². The van der Waals surface area contributed by atoms with Gasteiger partial charge in [-0.25, -0.2) is 0 Å². The van der Waals surface area contributed by atoms with Gasteiger partial charge in [-0.15, -0.1) is 0 Å². The van der Waals surface area contributed by atoms with Gasteiger partial charge in [0.05, 0.1) is 13.7 Å². The van der Waals surface area contributed by atoms with E-state index in [0.717, 1.165) is 10.0 Å². The standard InChI is InChI=1S/C18H16BrN3O4/c1-24-14-7-2-3-8-15(14)25-11-16(23)20-10-17-21-18(22-26-17)12-5-4-6-13(19)9-12/h2-9H,10-11H2,1H3,(H,20,23). The van der Waals surface area contributed by atoms with Gasteiger partial charge < -0.3 is 19.3 Å². The summed E-state index contributed by atoms with van der Waals surface area (Å²) in [5.74, 6) is 1.53. The summed E-state index contributed by atoms with van der Waals surface area (Å²) in [6.45, 7) is -0.0257. The topological polar surface area (TPSA) is 86.5 Å². The number of halogens is 1. The summed E-state index contributed by atoms with van der Waals surface area (Å²) in [5.41, 5.74) is 0.820. The third-order valence-electron chi connectivity index (χ3n) is 3.42. The number of hydrogen-bond acceptors (Lipinski definition) is 6. The molecule has 0 radical (unpaired) electrons. The predicted octanol–water partition coefficient (Wildman–Crippen LogP) is 3.20. The molecular formula is C18H16BrN3O4. The van der Waals surface area contributed by atoms with Crippen LogP contribution in [0.1, 0.15) is 5.89 Å². The van der Waals surface area contributed by atoms with Crippen molar-refractivity contribution in [1.29, 1.82) is 0 Å². The number of benzene rings is 2. The molecule has 1 aromatic heterocycles. The molecule has 0 saturated carbocycles. The summed E-state index contributed by atoms with van der Waals surface area (Å²) < 4.78 is 16.7. The first-order valence-corrected chi connectivity index (χ1v) is 8.56. The van der Waals surface area contributed by atoms with Gasteiger partial charge >= 0.3 is 0 Å². The molecule has 0 saturated heterocycles. The maximum absolute atomic E-state index is 11.9. The maximum atomic E-state index is 11.9. The molecule has 1 heterocycles. The van der Waals surface area contributed by atoms with Crippen molar-refractivity contribution in [3.05, 3.63) is 58.9 Å². The van der Waals surface area contributed by atoms with Gasteiger partial charge in [0.1, 0.15) is 0 Å². The number of carbonyl (C=O) groups excluding carboxylic acids is 1. The molecule has 3 aromatic rings. The Morgan fingerprint density at radius 2 is 2.00 bits per heavy atom. The predicted molar refractivity (Wildman–Crippen MR) is 97.8 cm³/mol. The van der Waals surface area contributed by atoms with Crippen molar-refractivity contribution >= 4 is 21.8 Å². The lowest BCUT2D eigenvalue weighted by atomic mass is 10.2. The van der Waals surface area contributed by atoms with Crippen LogP contribution in [0.25, 0.3) is 11.4 Å². The van der Waals surface area contributed by atoms with E-state index in [1.807, 2.05) is 30.3 Å². The van der Waals surface area contributed by atoms with Crippen molar-refractivity contribution in [3.8, 4) is 22.9 Å².